The molecule has 0 aliphatic rings. The molecule has 0 amide bonds. The summed E-state index contributed by atoms with van der Waals surface area (Å²) < 4.78 is 10.7. The highest BCUT2D eigenvalue weighted by Crippen LogP contribution is 2.42. The van der Waals surface area contributed by atoms with E-state index in [1.807, 2.05) is 111 Å². The van der Waals surface area contributed by atoms with Gasteiger partial charge in [0.05, 0.1) is 44.3 Å². The molecule has 0 saturated heterocycles. The van der Waals surface area contributed by atoms with Gasteiger partial charge in [-0.05, 0) is 85.8 Å². The Bertz CT molecular complexity index is 5840. The van der Waals surface area contributed by atoms with Crippen molar-refractivity contribution in [1.82, 2.24) is 38.7 Å². The zero-order valence-corrected chi connectivity index (χ0v) is 53.9. The van der Waals surface area contributed by atoms with Gasteiger partial charge in [-0.2, -0.15) is 9.97 Å². The van der Waals surface area contributed by atoms with Crippen LogP contribution in [0.15, 0.2) is 291 Å². The maximum absolute atomic E-state index is 10.3. The van der Waals surface area contributed by atoms with Gasteiger partial charge in [0.2, 0.25) is 5.28 Å². The van der Waals surface area contributed by atoms with Crippen molar-refractivity contribution in [3.63, 3.8) is 0 Å². The highest BCUT2D eigenvalue weighted by Gasteiger charge is 2.36. The monoisotopic (exact) mass is 1260 g/mol. The molecule has 6 aromatic heterocycles. The Kier molecular flexibility index (Phi) is 15.2. The number of fused-ring (bicyclic) bond motifs is 12. The lowest BCUT2D eigenvalue weighted by molar-refractivity contribution is -0.0893. The highest BCUT2D eigenvalue weighted by molar-refractivity contribution is 6.47. The van der Waals surface area contributed by atoms with Crippen molar-refractivity contribution < 1.29 is 9.76 Å². The average Bonchev–Trinajstić information content (AvgIpc) is 1.56. The van der Waals surface area contributed by atoms with E-state index in [0.717, 1.165) is 49.9 Å². The van der Waals surface area contributed by atoms with Crippen molar-refractivity contribution in [2.45, 2.75) is 38.9 Å². The third kappa shape index (κ3) is 11.0. The van der Waals surface area contributed by atoms with Crippen LogP contribution in [0.1, 0.15) is 27.7 Å². The number of benzene rings is 12. The minimum atomic E-state index is -0.945. The predicted molar refractivity (Wildman–Crippen MR) is 395 cm³/mol. The predicted octanol–water partition coefficient (Wildman–Crippen LogP) is 19.9. The van der Waals surface area contributed by atoms with Gasteiger partial charge in [-0.25, -0.2) is 19.9 Å². The first-order valence-electron chi connectivity index (χ1n) is 32.1. The molecule has 0 aliphatic carbocycles. The van der Waals surface area contributed by atoms with Crippen LogP contribution in [0, 0.1) is 0 Å². The van der Waals surface area contributed by atoms with Crippen LogP contribution in [0.5, 0.6) is 0 Å². The summed E-state index contributed by atoms with van der Waals surface area (Å²) >= 11 is 6.11. The Balaban J connectivity index is 0.000000119. The Hall–Kier alpha value is -11.5. The summed E-state index contributed by atoms with van der Waals surface area (Å²) in [5, 5.41) is 20.6. The molecule has 0 atom stereocenters. The van der Waals surface area contributed by atoms with Crippen molar-refractivity contribution in [3.05, 3.63) is 296 Å². The molecule has 459 valence electrons. The fourth-order valence-corrected chi connectivity index (χ4v) is 13.0. The van der Waals surface area contributed by atoms with Gasteiger partial charge >= 0.3 is 7.48 Å². The molecule has 0 fully saturated rings. The number of aliphatic hydroxyl groups is 1. The normalized spacial score (nSPS) is 11.9. The number of rotatable bonds is 11. The molecule has 12 heteroatoms. The van der Waals surface area contributed by atoms with Crippen LogP contribution in [0.25, 0.3) is 155 Å². The summed E-state index contributed by atoms with van der Waals surface area (Å²) in [4.78, 5) is 28.1. The average molecular weight is 1260 g/mol. The summed E-state index contributed by atoms with van der Waals surface area (Å²) in [6.45, 7) is 7.33. The second-order valence-electron chi connectivity index (χ2n) is 25.1. The van der Waals surface area contributed by atoms with Crippen molar-refractivity contribution in [2.75, 3.05) is 0 Å². The van der Waals surface area contributed by atoms with E-state index < -0.39 is 11.2 Å². The second-order valence-corrected chi connectivity index (χ2v) is 25.4. The van der Waals surface area contributed by atoms with E-state index in [-0.39, 0.29) is 5.28 Å². The van der Waals surface area contributed by atoms with Crippen molar-refractivity contribution in [3.8, 4) is 79.2 Å². The lowest BCUT2D eigenvalue weighted by Gasteiger charge is -2.37. The number of para-hydroxylation sites is 4. The summed E-state index contributed by atoms with van der Waals surface area (Å²) in [6.07, 6.45) is 0. The van der Waals surface area contributed by atoms with Crippen LogP contribution >= 0.6 is 11.6 Å². The lowest BCUT2D eigenvalue weighted by atomic mass is 9.82. The van der Waals surface area contributed by atoms with E-state index in [0.29, 0.717) is 29.1 Å². The largest absolute Gasteiger partial charge is 0.427 e. The van der Waals surface area contributed by atoms with Gasteiger partial charge in [0.1, 0.15) is 0 Å². The number of halogens is 1. The molecule has 0 unspecified atom stereocenters. The summed E-state index contributed by atoms with van der Waals surface area (Å²) in [5.74, 6) is 3.11. The van der Waals surface area contributed by atoms with Gasteiger partial charge in [-0.15, -0.1) is 0 Å². The van der Waals surface area contributed by atoms with Crippen LogP contribution in [-0.4, -0.2) is 62.5 Å². The van der Waals surface area contributed by atoms with E-state index in [1.165, 1.54) is 81.8 Å². The molecule has 1 N–H and O–H groups in total. The van der Waals surface area contributed by atoms with Crippen LogP contribution in [-0.2, 0) is 4.65 Å². The third-order valence-electron chi connectivity index (χ3n) is 18.5. The first kappa shape index (κ1) is 59.5. The van der Waals surface area contributed by atoms with E-state index >= 15 is 0 Å². The molecular formula is C84H61BClN8O2. The second kappa shape index (κ2) is 24.5. The van der Waals surface area contributed by atoms with Crippen LogP contribution in [0.4, 0.5) is 0 Å². The van der Waals surface area contributed by atoms with E-state index in [4.69, 9.17) is 31.2 Å². The molecule has 12 aromatic carbocycles. The number of hydrogen-bond donors (Lipinski definition) is 1. The third-order valence-corrected chi connectivity index (χ3v) is 18.7. The standard InChI is InChI=1S/C39H24N4.C24H23BNO2.C21H14ClN3/c1-3-10-25(11-4-1)26-18-20-28(21-19-26)38-40-37(27-12-5-2-6-13-27)41-39(42-38)29-22-23-31-33-16-9-15-32-30-14-7-8-17-34(30)43(36(32)33)35(31)24-29;1-23(2,27)24(3,4)28-25-15-12-13-17-19-10-7-9-18-16-8-5-6-11-20(16)26(22(18)19)21(17)14-15;22-21-24-19(17-9-5-2-6-10-17)23-20(25-21)18-13-11-16(12-14-18)15-7-3-1-4-8-15/h1-24H;5-14,27H,1-4H3;1-14H. The topological polar surface area (TPSA) is 116 Å². The Labute approximate surface area is 560 Å². The van der Waals surface area contributed by atoms with Crippen molar-refractivity contribution in [1.29, 1.82) is 0 Å². The van der Waals surface area contributed by atoms with Gasteiger partial charge in [-0.1, -0.05) is 272 Å². The quantitative estimate of drug-likeness (QED) is 0.127. The smallest absolute Gasteiger partial charge is 0.330 e. The Morgan fingerprint density at radius 3 is 1.03 bits per heavy atom. The molecule has 0 aliphatic heterocycles. The molecule has 18 aromatic rings. The Morgan fingerprint density at radius 2 is 0.604 bits per heavy atom. The molecular weight excluding hydrogens is 1200 g/mol. The maximum Gasteiger partial charge on any atom is 0.330 e. The van der Waals surface area contributed by atoms with E-state index in [1.54, 1.807) is 21.3 Å². The highest BCUT2D eigenvalue weighted by atomic mass is 35.5. The molecule has 0 spiro atoms. The maximum atomic E-state index is 10.3. The molecule has 10 nitrogen and oxygen atoms in total. The van der Waals surface area contributed by atoms with Gasteiger partial charge in [-0.3, -0.25) is 0 Å². The molecule has 18 rings (SSSR count). The Morgan fingerprint density at radius 1 is 0.302 bits per heavy atom. The number of nitrogens with zero attached hydrogens (tertiary/aromatic N) is 8. The van der Waals surface area contributed by atoms with Crippen LogP contribution < -0.4 is 5.46 Å². The molecule has 96 heavy (non-hydrogen) atoms. The fraction of sp³-hybridized carbons (Fsp3) is 0.0714. The first-order chi connectivity index (χ1) is 46.9. The van der Waals surface area contributed by atoms with Crippen molar-refractivity contribution >= 4 is 101 Å². The minimum Gasteiger partial charge on any atom is -0.427 e. The van der Waals surface area contributed by atoms with E-state index in [9.17, 15) is 5.11 Å². The summed E-state index contributed by atoms with van der Waals surface area (Å²) in [6, 6.07) is 100. The van der Waals surface area contributed by atoms with E-state index in [2.05, 4.69) is 218 Å². The first-order valence-corrected chi connectivity index (χ1v) is 32.4. The zero-order valence-electron chi connectivity index (χ0n) is 53.1. The van der Waals surface area contributed by atoms with Crippen LogP contribution in [0.2, 0.25) is 5.28 Å². The summed E-state index contributed by atoms with van der Waals surface area (Å²) in [7, 11) is 1.75. The fourth-order valence-electron chi connectivity index (χ4n) is 12.9. The van der Waals surface area contributed by atoms with Gasteiger partial charge in [0, 0.05) is 70.9 Å². The lowest BCUT2D eigenvalue weighted by Crippen LogP contribution is -2.49. The molecule has 1 radical (unpaired) electrons. The molecule has 0 bridgehead atoms. The number of aromatic nitrogens is 8. The van der Waals surface area contributed by atoms with Crippen LogP contribution in [0.3, 0.4) is 0 Å². The zero-order chi connectivity index (χ0) is 65.1. The molecule has 6 heterocycles. The van der Waals surface area contributed by atoms with Gasteiger partial charge in [0.25, 0.3) is 0 Å². The SMILES string of the molecule is CC(C)(O)C(C)(C)O[B]c1ccc2c3cccc4c5ccccc5n(c2c1)c43.Clc1nc(-c2ccccc2)nc(-c2ccc(-c3ccccc3)cc2)n1.c1ccc(-c2ccc(-c3nc(-c4ccccc4)nc(-c4ccc5c6cccc7c8ccccc8n(c5c4)c76)n3)cc2)cc1. The van der Waals surface area contributed by atoms with Crippen molar-refractivity contribution in [2.24, 2.45) is 0 Å². The minimum absolute atomic E-state index is 0.191. The van der Waals surface area contributed by atoms with Gasteiger partial charge < -0.3 is 18.6 Å². The number of hydrogen-bond acceptors (Lipinski definition) is 8. The summed E-state index contributed by atoms with van der Waals surface area (Å²) in [5.41, 5.74) is 16.0. The van der Waals surface area contributed by atoms with Gasteiger partial charge in [0.15, 0.2) is 29.1 Å². The molecule has 0 saturated carbocycles.